The van der Waals surface area contributed by atoms with Gasteiger partial charge in [0, 0.05) is 13.6 Å². The molecule has 1 heterocycles. The number of amides is 3. The lowest BCUT2D eigenvalue weighted by Gasteiger charge is -2.36. The second kappa shape index (κ2) is 6.71. The molecule has 0 bridgehead atoms. The Hall–Kier alpha value is -2.62. The van der Waals surface area contributed by atoms with Crippen molar-refractivity contribution in [2.45, 2.75) is 25.8 Å². The van der Waals surface area contributed by atoms with Gasteiger partial charge in [-0.2, -0.15) is 0 Å². The van der Waals surface area contributed by atoms with Crippen molar-refractivity contribution < 1.29 is 9.59 Å². The molecule has 0 saturated carbocycles. The third-order valence-corrected chi connectivity index (χ3v) is 4.85. The van der Waals surface area contributed by atoms with Crippen molar-refractivity contribution >= 4 is 11.9 Å². The van der Waals surface area contributed by atoms with Crippen LogP contribution in [-0.2, 0) is 10.3 Å². The van der Waals surface area contributed by atoms with Crippen LogP contribution in [0.1, 0.15) is 31.4 Å². The zero-order valence-electron chi connectivity index (χ0n) is 15.0. The van der Waals surface area contributed by atoms with Crippen LogP contribution in [0, 0.1) is 5.92 Å². The second-order valence-corrected chi connectivity index (χ2v) is 6.92. The Kier molecular flexibility index (Phi) is 4.62. The maximum absolute atomic E-state index is 13.4. The first-order chi connectivity index (χ1) is 12.0. The van der Waals surface area contributed by atoms with E-state index in [2.05, 4.69) is 13.8 Å². The van der Waals surface area contributed by atoms with Crippen LogP contribution in [0.3, 0.4) is 0 Å². The van der Waals surface area contributed by atoms with E-state index in [0.29, 0.717) is 12.5 Å². The molecule has 1 aliphatic heterocycles. The molecule has 0 N–H and O–H groups in total. The van der Waals surface area contributed by atoms with E-state index in [-0.39, 0.29) is 11.9 Å². The zero-order valence-corrected chi connectivity index (χ0v) is 15.0. The van der Waals surface area contributed by atoms with E-state index in [0.717, 1.165) is 17.5 Å². The number of carbonyl (C=O) groups is 2. The first-order valence-electron chi connectivity index (χ1n) is 8.70. The third kappa shape index (κ3) is 2.72. The van der Waals surface area contributed by atoms with Crippen LogP contribution in [0.25, 0.3) is 0 Å². The lowest BCUT2D eigenvalue weighted by atomic mass is 9.81. The first-order valence-corrected chi connectivity index (χ1v) is 8.70. The molecule has 25 heavy (non-hydrogen) atoms. The number of likely N-dealkylation sites (N-methyl/N-ethyl adjacent to an activating group) is 1. The molecule has 1 saturated heterocycles. The molecule has 0 radical (unpaired) electrons. The van der Waals surface area contributed by atoms with Crippen LogP contribution < -0.4 is 0 Å². The summed E-state index contributed by atoms with van der Waals surface area (Å²) in [6.45, 7) is 4.79. The van der Waals surface area contributed by atoms with Gasteiger partial charge in [0.15, 0.2) is 5.54 Å². The summed E-state index contributed by atoms with van der Waals surface area (Å²) in [6, 6.07) is 19.0. The Morgan fingerprint density at radius 2 is 1.36 bits per heavy atom. The average molecular weight is 336 g/mol. The standard InChI is InChI=1S/C21H24N2O2/c1-16(2)14-15-23-20(25)22(3)19(24)21(23,17-10-6-4-7-11-17)18-12-8-5-9-13-18/h4-13,16H,14-15H2,1-3H3. The van der Waals surface area contributed by atoms with Gasteiger partial charge in [-0.05, 0) is 23.5 Å². The summed E-state index contributed by atoms with van der Waals surface area (Å²) >= 11 is 0. The molecule has 0 unspecified atom stereocenters. The maximum Gasteiger partial charge on any atom is 0.327 e. The molecule has 130 valence electrons. The predicted molar refractivity (Wildman–Crippen MR) is 98.0 cm³/mol. The molecule has 4 nitrogen and oxygen atoms in total. The Labute approximate surface area is 149 Å². The minimum Gasteiger partial charge on any atom is -0.302 e. The van der Waals surface area contributed by atoms with Crippen LogP contribution in [0.4, 0.5) is 4.79 Å². The lowest BCUT2D eigenvalue weighted by molar-refractivity contribution is -0.131. The van der Waals surface area contributed by atoms with Gasteiger partial charge in [0.05, 0.1) is 0 Å². The van der Waals surface area contributed by atoms with Crippen molar-refractivity contribution in [2.75, 3.05) is 13.6 Å². The molecule has 1 fully saturated rings. The summed E-state index contributed by atoms with van der Waals surface area (Å²) in [5.41, 5.74) is 0.559. The van der Waals surface area contributed by atoms with E-state index in [1.807, 2.05) is 60.7 Å². The highest BCUT2D eigenvalue weighted by atomic mass is 16.2. The van der Waals surface area contributed by atoms with Crippen molar-refractivity contribution in [3.8, 4) is 0 Å². The molecule has 3 amide bonds. The smallest absolute Gasteiger partial charge is 0.302 e. The van der Waals surface area contributed by atoms with Crippen molar-refractivity contribution in [3.63, 3.8) is 0 Å². The van der Waals surface area contributed by atoms with Gasteiger partial charge in [-0.15, -0.1) is 0 Å². The Morgan fingerprint density at radius 3 is 1.80 bits per heavy atom. The van der Waals surface area contributed by atoms with Crippen LogP contribution in [-0.4, -0.2) is 35.3 Å². The van der Waals surface area contributed by atoms with Gasteiger partial charge in [0.25, 0.3) is 5.91 Å². The summed E-state index contributed by atoms with van der Waals surface area (Å²) in [6.07, 6.45) is 0.842. The quantitative estimate of drug-likeness (QED) is 0.778. The number of nitrogens with zero attached hydrogens (tertiary/aromatic N) is 2. The Balaban J connectivity index is 2.23. The highest BCUT2D eigenvalue weighted by Crippen LogP contribution is 2.42. The number of hydrogen-bond acceptors (Lipinski definition) is 2. The molecular formula is C21H24N2O2. The molecule has 4 heteroatoms. The Morgan fingerprint density at radius 1 is 0.880 bits per heavy atom. The van der Waals surface area contributed by atoms with Gasteiger partial charge in [-0.3, -0.25) is 9.69 Å². The maximum atomic E-state index is 13.4. The molecule has 2 aromatic carbocycles. The molecule has 1 aliphatic rings. The normalized spacial score (nSPS) is 16.8. The SMILES string of the molecule is CC(C)CCN1C(=O)N(C)C(=O)C1(c1ccccc1)c1ccccc1. The first kappa shape index (κ1) is 17.2. The number of benzene rings is 2. The molecule has 0 spiro atoms. The molecule has 0 atom stereocenters. The van der Waals surface area contributed by atoms with Gasteiger partial charge >= 0.3 is 6.03 Å². The topological polar surface area (TPSA) is 40.6 Å². The molecular weight excluding hydrogens is 312 g/mol. The molecule has 2 aromatic rings. The number of urea groups is 1. The van der Waals surface area contributed by atoms with Crippen molar-refractivity contribution in [3.05, 3.63) is 71.8 Å². The zero-order chi connectivity index (χ0) is 18.0. The van der Waals surface area contributed by atoms with E-state index in [9.17, 15) is 9.59 Å². The molecule has 0 aliphatic carbocycles. The van der Waals surface area contributed by atoms with E-state index < -0.39 is 5.54 Å². The van der Waals surface area contributed by atoms with Crippen molar-refractivity contribution in [2.24, 2.45) is 5.92 Å². The summed E-state index contributed by atoms with van der Waals surface area (Å²) < 4.78 is 0. The van der Waals surface area contributed by atoms with Crippen LogP contribution >= 0.6 is 0 Å². The van der Waals surface area contributed by atoms with Gasteiger partial charge in [0.2, 0.25) is 0 Å². The van der Waals surface area contributed by atoms with E-state index in [1.165, 1.54) is 4.90 Å². The van der Waals surface area contributed by atoms with Gasteiger partial charge in [-0.25, -0.2) is 4.79 Å². The summed E-state index contributed by atoms with van der Waals surface area (Å²) in [7, 11) is 1.57. The van der Waals surface area contributed by atoms with E-state index in [1.54, 1.807) is 11.9 Å². The number of imide groups is 1. The average Bonchev–Trinajstić information content (AvgIpc) is 2.83. The van der Waals surface area contributed by atoms with Crippen molar-refractivity contribution in [1.82, 2.24) is 9.80 Å². The van der Waals surface area contributed by atoms with Gasteiger partial charge in [0.1, 0.15) is 0 Å². The largest absolute Gasteiger partial charge is 0.327 e. The highest BCUT2D eigenvalue weighted by Gasteiger charge is 2.57. The number of rotatable bonds is 5. The molecule has 3 rings (SSSR count). The van der Waals surface area contributed by atoms with Crippen LogP contribution in [0.5, 0.6) is 0 Å². The summed E-state index contributed by atoms with van der Waals surface area (Å²) in [4.78, 5) is 29.3. The monoisotopic (exact) mass is 336 g/mol. The minimum absolute atomic E-state index is 0.196. The van der Waals surface area contributed by atoms with Gasteiger partial charge < -0.3 is 4.90 Å². The van der Waals surface area contributed by atoms with Gasteiger partial charge in [-0.1, -0.05) is 74.5 Å². The number of hydrogen-bond donors (Lipinski definition) is 0. The van der Waals surface area contributed by atoms with Crippen molar-refractivity contribution in [1.29, 1.82) is 0 Å². The van der Waals surface area contributed by atoms with Crippen LogP contribution in [0.15, 0.2) is 60.7 Å². The van der Waals surface area contributed by atoms with E-state index >= 15 is 0 Å². The molecule has 0 aromatic heterocycles. The summed E-state index contributed by atoms with van der Waals surface area (Å²) in [5, 5.41) is 0. The second-order valence-electron chi connectivity index (χ2n) is 6.92. The highest BCUT2D eigenvalue weighted by molar-refractivity contribution is 6.09. The fourth-order valence-electron chi connectivity index (χ4n) is 3.50. The van der Waals surface area contributed by atoms with Crippen LogP contribution in [0.2, 0.25) is 0 Å². The lowest BCUT2D eigenvalue weighted by Crippen LogP contribution is -2.48. The number of carbonyl (C=O) groups excluding carboxylic acids is 2. The predicted octanol–water partition coefficient (Wildman–Crippen LogP) is 3.87. The Bertz CT molecular complexity index is 716. The fraction of sp³-hybridized carbons (Fsp3) is 0.333. The summed E-state index contributed by atoms with van der Waals surface area (Å²) in [5.74, 6) is 0.247. The third-order valence-electron chi connectivity index (χ3n) is 4.85. The fourth-order valence-corrected chi connectivity index (χ4v) is 3.50. The minimum atomic E-state index is -1.09. The van der Waals surface area contributed by atoms with E-state index in [4.69, 9.17) is 0 Å².